The molecule has 3 rings (SSSR count). The molecule has 0 atom stereocenters. The van der Waals surface area contributed by atoms with E-state index in [1.54, 1.807) is 10.4 Å². The molecule has 0 amide bonds. The molecule has 0 unspecified atom stereocenters. The van der Waals surface area contributed by atoms with Gasteiger partial charge in [0.1, 0.15) is 0 Å². The normalized spacial score (nSPS) is 15.8. The molecule has 0 aliphatic heterocycles. The van der Waals surface area contributed by atoms with Gasteiger partial charge in [0.05, 0.1) is 0 Å². The van der Waals surface area contributed by atoms with Crippen molar-refractivity contribution in [2.75, 3.05) is 0 Å². The minimum absolute atomic E-state index is 1.09. The Kier molecular flexibility index (Phi) is 2.06. The number of hydrogen-bond acceptors (Lipinski definition) is 2. The third-order valence-electron chi connectivity index (χ3n) is 2.94. The Labute approximate surface area is 93.4 Å². The summed E-state index contributed by atoms with van der Waals surface area (Å²) in [7, 11) is 0. The summed E-state index contributed by atoms with van der Waals surface area (Å²) in [5, 5.41) is 1.46. The highest BCUT2D eigenvalue weighted by Crippen LogP contribution is 2.37. The Morgan fingerprint density at radius 2 is 2.00 bits per heavy atom. The van der Waals surface area contributed by atoms with Gasteiger partial charge in [-0.15, -0.1) is 24.0 Å². The molecule has 2 heteroatoms. The highest BCUT2D eigenvalue weighted by Gasteiger charge is 2.15. The number of thiophene rings is 1. The molecular weight excluding hydrogens is 208 g/mol. The fourth-order valence-electron chi connectivity index (χ4n) is 2.25. The van der Waals surface area contributed by atoms with Crippen LogP contribution in [0.1, 0.15) is 23.3 Å². The fourth-order valence-corrected chi connectivity index (χ4v) is 3.73. The maximum atomic E-state index is 4.41. The topological polar surface area (TPSA) is 0 Å². The third kappa shape index (κ3) is 1.29. The maximum Gasteiger partial charge on any atom is 0.0349 e. The van der Waals surface area contributed by atoms with Gasteiger partial charge >= 0.3 is 0 Å². The highest BCUT2D eigenvalue weighted by molar-refractivity contribution is 7.80. The Morgan fingerprint density at radius 1 is 1.14 bits per heavy atom. The van der Waals surface area contributed by atoms with Crippen molar-refractivity contribution < 1.29 is 0 Å². The van der Waals surface area contributed by atoms with Crippen LogP contribution in [0, 0.1) is 0 Å². The highest BCUT2D eigenvalue weighted by atomic mass is 32.1. The van der Waals surface area contributed by atoms with E-state index in [0.717, 1.165) is 4.90 Å². The first-order valence-corrected chi connectivity index (χ1v) is 6.34. The molecule has 1 aromatic carbocycles. The lowest BCUT2D eigenvalue weighted by Crippen LogP contribution is -1.97. The van der Waals surface area contributed by atoms with Crippen LogP contribution in [0.2, 0.25) is 0 Å². The Balaban J connectivity index is 2.32. The lowest BCUT2D eigenvalue weighted by molar-refractivity contribution is 0.700. The second kappa shape index (κ2) is 3.28. The zero-order valence-corrected chi connectivity index (χ0v) is 9.63. The molecule has 0 saturated carbocycles. The van der Waals surface area contributed by atoms with Crippen LogP contribution in [0.3, 0.4) is 0 Å². The van der Waals surface area contributed by atoms with Gasteiger partial charge in [0.25, 0.3) is 0 Å². The van der Waals surface area contributed by atoms with Gasteiger partial charge in [-0.1, -0.05) is 0 Å². The molecule has 0 bridgehead atoms. The summed E-state index contributed by atoms with van der Waals surface area (Å²) in [5.41, 5.74) is 1.60. The van der Waals surface area contributed by atoms with E-state index in [-0.39, 0.29) is 0 Å². The number of rotatable bonds is 0. The summed E-state index contributed by atoms with van der Waals surface area (Å²) in [6.45, 7) is 0. The van der Waals surface area contributed by atoms with Crippen LogP contribution in [0.25, 0.3) is 10.1 Å². The molecule has 1 aliphatic rings. The molecule has 14 heavy (non-hydrogen) atoms. The van der Waals surface area contributed by atoms with E-state index in [0.29, 0.717) is 0 Å². The van der Waals surface area contributed by atoms with Crippen LogP contribution in [0.4, 0.5) is 0 Å². The van der Waals surface area contributed by atoms with Crippen molar-refractivity contribution in [1.29, 1.82) is 0 Å². The van der Waals surface area contributed by atoms with E-state index in [2.05, 4.69) is 30.8 Å². The number of thiol groups is 1. The minimum Gasteiger partial charge on any atom is -0.143 e. The van der Waals surface area contributed by atoms with Crippen molar-refractivity contribution in [3.05, 3.63) is 28.6 Å². The Morgan fingerprint density at radius 3 is 2.93 bits per heavy atom. The first-order chi connectivity index (χ1) is 6.84. The first-order valence-electron chi connectivity index (χ1n) is 5.08. The predicted molar refractivity (Wildman–Crippen MR) is 65.7 cm³/mol. The van der Waals surface area contributed by atoms with Crippen LogP contribution >= 0.6 is 24.0 Å². The van der Waals surface area contributed by atoms with Gasteiger partial charge in [-0.25, -0.2) is 0 Å². The molecular formula is C12H12S2. The zero-order valence-electron chi connectivity index (χ0n) is 7.92. The van der Waals surface area contributed by atoms with Gasteiger partial charge in [-0.2, -0.15) is 0 Å². The number of hydrogen-bond donors (Lipinski definition) is 1. The molecule has 0 fully saturated rings. The van der Waals surface area contributed by atoms with Gasteiger partial charge in [-0.3, -0.25) is 0 Å². The lowest BCUT2D eigenvalue weighted by atomic mass is 9.96. The van der Waals surface area contributed by atoms with Gasteiger partial charge in [0, 0.05) is 14.5 Å². The van der Waals surface area contributed by atoms with E-state index in [1.807, 2.05) is 11.3 Å². The second-order valence-corrected chi connectivity index (χ2v) is 5.54. The number of aryl methyl sites for hydroxylation is 2. The van der Waals surface area contributed by atoms with Crippen molar-refractivity contribution in [2.45, 2.75) is 30.6 Å². The monoisotopic (exact) mass is 220 g/mol. The predicted octanol–water partition coefficient (Wildman–Crippen LogP) is 4.07. The van der Waals surface area contributed by atoms with Crippen LogP contribution in [0.5, 0.6) is 0 Å². The quantitative estimate of drug-likeness (QED) is 0.636. The molecule has 0 nitrogen and oxygen atoms in total. The average molecular weight is 220 g/mol. The van der Waals surface area contributed by atoms with E-state index in [4.69, 9.17) is 0 Å². The lowest BCUT2D eigenvalue weighted by Gasteiger charge is -2.10. The average Bonchev–Trinajstić information content (AvgIpc) is 2.56. The molecule has 1 heterocycles. The summed E-state index contributed by atoms with van der Waals surface area (Å²) >= 11 is 6.38. The molecule has 0 N–H and O–H groups in total. The molecule has 0 radical (unpaired) electrons. The van der Waals surface area contributed by atoms with Crippen molar-refractivity contribution in [2.24, 2.45) is 0 Å². The summed E-state index contributed by atoms with van der Waals surface area (Å²) in [6, 6.07) is 6.52. The van der Waals surface area contributed by atoms with Crippen LogP contribution < -0.4 is 0 Å². The second-order valence-electron chi connectivity index (χ2n) is 3.89. The smallest absolute Gasteiger partial charge is 0.0349 e. The number of benzene rings is 1. The first kappa shape index (κ1) is 8.81. The third-order valence-corrected chi connectivity index (χ3v) is 4.49. The van der Waals surface area contributed by atoms with E-state index >= 15 is 0 Å². The van der Waals surface area contributed by atoms with Crippen molar-refractivity contribution in [1.82, 2.24) is 0 Å². The minimum atomic E-state index is 1.09. The molecule has 2 aromatic rings. The van der Waals surface area contributed by atoms with E-state index in [9.17, 15) is 0 Å². The Hall–Kier alpha value is -0.470. The van der Waals surface area contributed by atoms with E-state index < -0.39 is 0 Å². The van der Waals surface area contributed by atoms with Crippen molar-refractivity contribution >= 4 is 34.1 Å². The maximum absolute atomic E-state index is 4.41. The molecule has 0 spiro atoms. The summed E-state index contributed by atoms with van der Waals surface area (Å²) < 4.78 is 1.44. The molecule has 1 aromatic heterocycles. The van der Waals surface area contributed by atoms with Gasteiger partial charge < -0.3 is 0 Å². The SMILES string of the molecule is Sc1ccc2sc3c(c2c1)CCCC3. The van der Waals surface area contributed by atoms with Crippen molar-refractivity contribution in [3.63, 3.8) is 0 Å². The molecule has 72 valence electrons. The fraction of sp³-hybridized carbons (Fsp3) is 0.333. The van der Waals surface area contributed by atoms with Crippen LogP contribution in [-0.4, -0.2) is 0 Å². The van der Waals surface area contributed by atoms with E-state index in [1.165, 1.54) is 35.8 Å². The summed E-state index contributed by atoms with van der Waals surface area (Å²) in [5.74, 6) is 0. The number of fused-ring (bicyclic) bond motifs is 3. The van der Waals surface area contributed by atoms with Gasteiger partial charge in [0.15, 0.2) is 0 Å². The van der Waals surface area contributed by atoms with Crippen LogP contribution in [0.15, 0.2) is 23.1 Å². The zero-order chi connectivity index (χ0) is 9.54. The van der Waals surface area contributed by atoms with Crippen LogP contribution in [-0.2, 0) is 12.8 Å². The molecule has 0 saturated heterocycles. The van der Waals surface area contributed by atoms with Gasteiger partial charge in [0.2, 0.25) is 0 Å². The van der Waals surface area contributed by atoms with Gasteiger partial charge in [-0.05, 0) is 54.8 Å². The summed E-state index contributed by atoms with van der Waals surface area (Å²) in [4.78, 5) is 2.70. The van der Waals surface area contributed by atoms with Crippen molar-refractivity contribution in [3.8, 4) is 0 Å². The summed E-state index contributed by atoms with van der Waals surface area (Å²) in [6.07, 6.45) is 5.28. The standard InChI is InChI=1S/C12H12S2/c13-8-5-6-12-10(7-8)9-3-1-2-4-11(9)14-12/h5-7,13H,1-4H2. The largest absolute Gasteiger partial charge is 0.143 e. The molecule has 1 aliphatic carbocycles. The Bertz CT molecular complexity index is 482.